The molecule has 0 aromatic rings. The fourth-order valence-corrected chi connectivity index (χ4v) is 0.723. The second-order valence-electron chi connectivity index (χ2n) is 2.84. The minimum absolute atomic E-state index is 0.323. The molecule has 0 aromatic carbocycles. The Hall–Kier alpha value is -1.41. The van der Waals surface area contributed by atoms with E-state index in [1.807, 2.05) is 0 Å². The van der Waals surface area contributed by atoms with E-state index in [2.05, 4.69) is 4.74 Å². The Labute approximate surface area is 82.8 Å². The molecule has 0 bridgehead atoms. The molecule has 2 N–H and O–H groups in total. The van der Waals surface area contributed by atoms with Gasteiger partial charge >= 0.3 is 11.9 Å². The Morgan fingerprint density at radius 1 is 1.36 bits per heavy atom. The number of esters is 2. The van der Waals surface area contributed by atoms with Crippen molar-refractivity contribution in [3.63, 3.8) is 0 Å². The highest BCUT2D eigenvalue weighted by Gasteiger charge is 2.23. The van der Waals surface area contributed by atoms with E-state index >= 15 is 0 Å². The molecule has 0 heterocycles. The molecule has 78 valence electrons. The highest BCUT2D eigenvalue weighted by atomic mass is 16.6. The number of carbonyl (C=O) groups is 2. The van der Waals surface area contributed by atoms with E-state index in [-0.39, 0.29) is 0 Å². The molecule has 2 atom stereocenters. The lowest BCUT2D eigenvalue weighted by Gasteiger charge is -2.09. The normalized spacial score (nSPS) is 13.9. The van der Waals surface area contributed by atoms with E-state index in [0.29, 0.717) is 12.8 Å². The SMILES string of the molecule is CCC(N)C(=O)OC(=O)C(C#N)CC. The molecular formula is C9H14N2O3. The number of hydrogen-bond acceptors (Lipinski definition) is 5. The summed E-state index contributed by atoms with van der Waals surface area (Å²) in [6.07, 6.45) is 0.722. The highest BCUT2D eigenvalue weighted by molar-refractivity contribution is 5.90. The van der Waals surface area contributed by atoms with Crippen LogP contribution in [0.5, 0.6) is 0 Å². The van der Waals surface area contributed by atoms with E-state index < -0.39 is 23.9 Å². The van der Waals surface area contributed by atoms with Crippen LogP contribution in [0.4, 0.5) is 0 Å². The van der Waals surface area contributed by atoms with Gasteiger partial charge in [-0.25, -0.2) is 4.79 Å². The summed E-state index contributed by atoms with van der Waals surface area (Å²) in [5.74, 6) is -2.47. The van der Waals surface area contributed by atoms with Crippen molar-refractivity contribution in [1.82, 2.24) is 0 Å². The number of ether oxygens (including phenoxy) is 1. The van der Waals surface area contributed by atoms with E-state index in [1.54, 1.807) is 19.9 Å². The molecular weight excluding hydrogens is 184 g/mol. The molecule has 0 aliphatic heterocycles. The van der Waals surface area contributed by atoms with Crippen LogP contribution in [0.15, 0.2) is 0 Å². The lowest BCUT2D eigenvalue weighted by atomic mass is 10.1. The Morgan fingerprint density at radius 2 is 1.93 bits per heavy atom. The van der Waals surface area contributed by atoms with E-state index in [4.69, 9.17) is 11.0 Å². The third-order valence-electron chi connectivity index (χ3n) is 1.79. The van der Waals surface area contributed by atoms with Crippen molar-refractivity contribution in [3.05, 3.63) is 0 Å². The number of hydrogen-bond donors (Lipinski definition) is 1. The molecule has 0 aliphatic rings. The Morgan fingerprint density at radius 3 is 2.29 bits per heavy atom. The van der Waals surface area contributed by atoms with Crippen LogP contribution in [-0.4, -0.2) is 18.0 Å². The van der Waals surface area contributed by atoms with Gasteiger partial charge in [0.15, 0.2) is 0 Å². The van der Waals surface area contributed by atoms with Crippen LogP contribution in [0, 0.1) is 17.2 Å². The van der Waals surface area contributed by atoms with Crippen LogP contribution in [0.2, 0.25) is 0 Å². The van der Waals surface area contributed by atoms with Gasteiger partial charge in [-0.3, -0.25) is 4.79 Å². The summed E-state index contributed by atoms with van der Waals surface area (Å²) in [6, 6.07) is 0.950. The van der Waals surface area contributed by atoms with Crippen LogP contribution < -0.4 is 5.73 Å². The molecule has 0 fully saturated rings. The largest absolute Gasteiger partial charge is 0.391 e. The molecule has 0 spiro atoms. The maximum Gasteiger partial charge on any atom is 0.330 e. The molecule has 0 saturated heterocycles. The van der Waals surface area contributed by atoms with E-state index in [9.17, 15) is 9.59 Å². The average molecular weight is 198 g/mol. The van der Waals surface area contributed by atoms with Crippen molar-refractivity contribution in [2.75, 3.05) is 0 Å². The molecule has 0 radical (unpaired) electrons. The summed E-state index contributed by atoms with van der Waals surface area (Å²) in [4.78, 5) is 22.2. The lowest BCUT2D eigenvalue weighted by molar-refractivity contribution is -0.162. The topological polar surface area (TPSA) is 93.2 Å². The van der Waals surface area contributed by atoms with Gasteiger partial charge in [0.25, 0.3) is 0 Å². The maximum atomic E-state index is 11.1. The predicted octanol–water partition coefficient (Wildman–Crippen LogP) is 0.343. The zero-order valence-corrected chi connectivity index (χ0v) is 8.32. The van der Waals surface area contributed by atoms with Crippen molar-refractivity contribution in [2.45, 2.75) is 32.7 Å². The monoisotopic (exact) mass is 198 g/mol. The zero-order chi connectivity index (χ0) is 11.1. The Kier molecular flexibility index (Phi) is 5.49. The van der Waals surface area contributed by atoms with Gasteiger partial charge in [-0.15, -0.1) is 0 Å². The summed E-state index contributed by atoms with van der Waals surface area (Å²) in [7, 11) is 0. The molecule has 2 unspecified atom stereocenters. The molecule has 0 rings (SSSR count). The van der Waals surface area contributed by atoms with Gasteiger partial charge in [-0.2, -0.15) is 5.26 Å². The second-order valence-corrected chi connectivity index (χ2v) is 2.84. The number of carbonyl (C=O) groups excluding carboxylic acids is 2. The van der Waals surface area contributed by atoms with Gasteiger partial charge in [0.2, 0.25) is 0 Å². The van der Waals surface area contributed by atoms with Gasteiger partial charge in [0.1, 0.15) is 12.0 Å². The molecule has 14 heavy (non-hydrogen) atoms. The Balaban J connectivity index is 4.20. The summed E-state index contributed by atoms with van der Waals surface area (Å²) in [6.45, 7) is 3.37. The first-order valence-electron chi connectivity index (χ1n) is 4.47. The van der Waals surface area contributed by atoms with Crippen molar-refractivity contribution in [1.29, 1.82) is 5.26 Å². The summed E-state index contributed by atoms with van der Waals surface area (Å²) >= 11 is 0. The molecule has 5 heteroatoms. The van der Waals surface area contributed by atoms with Gasteiger partial charge < -0.3 is 10.5 Å². The third kappa shape index (κ3) is 3.54. The maximum absolute atomic E-state index is 11.1. The fraction of sp³-hybridized carbons (Fsp3) is 0.667. The lowest BCUT2D eigenvalue weighted by Crippen LogP contribution is -2.34. The third-order valence-corrected chi connectivity index (χ3v) is 1.79. The summed E-state index contributed by atoms with van der Waals surface area (Å²) in [5, 5.41) is 8.51. The van der Waals surface area contributed by atoms with Crippen LogP contribution in [0.1, 0.15) is 26.7 Å². The van der Waals surface area contributed by atoms with Crippen molar-refractivity contribution < 1.29 is 14.3 Å². The van der Waals surface area contributed by atoms with Crippen LogP contribution in [-0.2, 0) is 14.3 Å². The summed E-state index contributed by atoms with van der Waals surface area (Å²) in [5.41, 5.74) is 5.34. The van der Waals surface area contributed by atoms with Crippen LogP contribution >= 0.6 is 0 Å². The molecule has 5 nitrogen and oxygen atoms in total. The fourth-order valence-electron chi connectivity index (χ4n) is 0.723. The van der Waals surface area contributed by atoms with Gasteiger partial charge in [0.05, 0.1) is 6.07 Å². The highest BCUT2D eigenvalue weighted by Crippen LogP contribution is 2.04. The van der Waals surface area contributed by atoms with Crippen molar-refractivity contribution >= 4 is 11.9 Å². The minimum atomic E-state index is -0.886. The predicted molar refractivity (Wildman–Crippen MR) is 48.8 cm³/mol. The molecule has 0 amide bonds. The first-order valence-corrected chi connectivity index (χ1v) is 4.47. The van der Waals surface area contributed by atoms with E-state index in [0.717, 1.165) is 0 Å². The molecule has 0 saturated carbocycles. The first-order chi connectivity index (χ1) is 6.56. The minimum Gasteiger partial charge on any atom is -0.391 e. The first kappa shape index (κ1) is 12.6. The van der Waals surface area contributed by atoms with Crippen molar-refractivity contribution in [3.8, 4) is 6.07 Å². The average Bonchev–Trinajstić information content (AvgIpc) is 2.18. The van der Waals surface area contributed by atoms with Gasteiger partial charge in [0, 0.05) is 0 Å². The van der Waals surface area contributed by atoms with Crippen LogP contribution in [0.25, 0.3) is 0 Å². The number of nitriles is 1. The smallest absolute Gasteiger partial charge is 0.330 e. The molecule has 0 aliphatic carbocycles. The summed E-state index contributed by atoms with van der Waals surface area (Å²) < 4.78 is 4.42. The second kappa shape index (κ2) is 6.11. The van der Waals surface area contributed by atoms with Gasteiger partial charge in [-0.05, 0) is 12.8 Å². The van der Waals surface area contributed by atoms with Gasteiger partial charge in [-0.1, -0.05) is 13.8 Å². The van der Waals surface area contributed by atoms with E-state index in [1.165, 1.54) is 0 Å². The number of nitrogens with zero attached hydrogens (tertiary/aromatic N) is 1. The Bertz CT molecular complexity index is 257. The quantitative estimate of drug-likeness (QED) is 0.519. The number of nitrogens with two attached hydrogens (primary N) is 1. The number of rotatable bonds is 4. The molecule has 0 aromatic heterocycles. The zero-order valence-electron chi connectivity index (χ0n) is 8.32. The standard InChI is InChI=1S/C9H14N2O3/c1-3-6(5-10)8(12)14-9(13)7(11)4-2/h6-7H,3-4,11H2,1-2H3. The van der Waals surface area contributed by atoms with Crippen molar-refractivity contribution in [2.24, 2.45) is 11.7 Å². The van der Waals surface area contributed by atoms with Crippen LogP contribution in [0.3, 0.4) is 0 Å².